The molecule has 1 aromatic carbocycles. The molecule has 2 aromatic rings. The molecule has 0 saturated carbocycles. The molecule has 0 aliphatic carbocycles. The molecule has 0 fully saturated rings. The molecule has 160 valence electrons. The standard InChI is InChI=1S/C21H25N3O5S/c1-12-10-14-6-4-5-7-15(14)24(12)11-16(25)23-20-17(21(27)29-9-8-28-3)13(2)18(30-20)19(22)26/h4-7,12H,8-11H2,1-3H3,(H2,22,26)(H,23,25)/t12-/m1/s1. The first-order chi connectivity index (χ1) is 14.3. The average Bonchev–Trinajstić information content (AvgIpc) is 3.18. The van der Waals surface area contributed by atoms with Crippen molar-refractivity contribution >= 4 is 39.8 Å². The average molecular weight is 432 g/mol. The summed E-state index contributed by atoms with van der Waals surface area (Å²) in [5, 5.41) is 3.03. The molecule has 2 amide bonds. The number of para-hydroxylation sites is 1. The molecule has 1 aliphatic rings. The molecule has 0 saturated heterocycles. The van der Waals surface area contributed by atoms with Crippen molar-refractivity contribution in [2.75, 3.05) is 37.1 Å². The van der Waals surface area contributed by atoms with Crippen molar-refractivity contribution in [3.05, 3.63) is 45.8 Å². The maximum atomic E-state index is 12.8. The second-order valence-corrected chi connectivity index (χ2v) is 8.13. The number of primary amides is 1. The van der Waals surface area contributed by atoms with Crippen molar-refractivity contribution in [2.24, 2.45) is 5.73 Å². The quantitative estimate of drug-likeness (QED) is 0.490. The third kappa shape index (κ3) is 4.47. The van der Waals surface area contributed by atoms with Gasteiger partial charge < -0.3 is 25.4 Å². The number of carbonyl (C=O) groups excluding carboxylic acids is 3. The van der Waals surface area contributed by atoms with E-state index in [-0.39, 0.29) is 47.1 Å². The van der Waals surface area contributed by atoms with Crippen LogP contribution in [0.25, 0.3) is 0 Å². The van der Waals surface area contributed by atoms with Gasteiger partial charge in [-0.25, -0.2) is 4.79 Å². The lowest BCUT2D eigenvalue weighted by molar-refractivity contribution is -0.115. The smallest absolute Gasteiger partial charge is 0.341 e. The Kier molecular flexibility index (Phi) is 6.73. The predicted octanol–water partition coefficient (Wildman–Crippen LogP) is 2.35. The number of nitrogens with two attached hydrogens (primary N) is 1. The summed E-state index contributed by atoms with van der Waals surface area (Å²) in [4.78, 5) is 39.4. The highest BCUT2D eigenvalue weighted by Crippen LogP contribution is 2.34. The van der Waals surface area contributed by atoms with Crippen LogP contribution in [-0.4, -0.2) is 50.7 Å². The molecule has 0 radical (unpaired) electrons. The number of thiophene rings is 1. The van der Waals surface area contributed by atoms with Crippen molar-refractivity contribution in [1.29, 1.82) is 0 Å². The summed E-state index contributed by atoms with van der Waals surface area (Å²) in [5.41, 5.74) is 8.20. The van der Waals surface area contributed by atoms with Gasteiger partial charge in [0.1, 0.15) is 11.6 Å². The maximum Gasteiger partial charge on any atom is 0.341 e. The van der Waals surface area contributed by atoms with E-state index in [0.29, 0.717) is 5.56 Å². The Labute approximate surface area is 178 Å². The number of carbonyl (C=O) groups is 3. The Morgan fingerprint density at radius 2 is 2.00 bits per heavy atom. The number of fused-ring (bicyclic) bond motifs is 1. The van der Waals surface area contributed by atoms with Crippen LogP contribution in [0.3, 0.4) is 0 Å². The number of anilines is 2. The van der Waals surface area contributed by atoms with Crippen molar-refractivity contribution in [3.63, 3.8) is 0 Å². The van der Waals surface area contributed by atoms with E-state index < -0.39 is 11.9 Å². The minimum atomic E-state index is -0.661. The van der Waals surface area contributed by atoms with Crippen LogP contribution in [0.1, 0.15) is 38.1 Å². The topological polar surface area (TPSA) is 111 Å². The highest BCUT2D eigenvalue weighted by atomic mass is 32.1. The van der Waals surface area contributed by atoms with Crippen molar-refractivity contribution in [1.82, 2.24) is 0 Å². The van der Waals surface area contributed by atoms with E-state index in [1.807, 2.05) is 23.1 Å². The summed E-state index contributed by atoms with van der Waals surface area (Å²) < 4.78 is 10.1. The minimum Gasteiger partial charge on any atom is -0.460 e. The summed E-state index contributed by atoms with van der Waals surface area (Å²) in [5.74, 6) is -1.59. The lowest BCUT2D eigenvalue weighted by atomic mass is 10.1. The molecule has 9 heteroatoms. The number of benzene rings is 1. The highest BCUT2D eigenvalue weighted by molar-refractivity contribution is 7.18. The SMILES string of the molecule is COCCOC(=O)c1c(NC(=O)CN2c3ccccc3C[C@H]2C)sc(C(N)=O)c1C. The lowest BCUT2D eigenvalue weighted by Crippen LogP contribution is -2.37. The fourth-order valence-electron chi connectivity index (χ4n) is 3.56. The molecule has 2 heterocycles. The molecule has 1 aliphatic heterocycles. The number of hydrogen-bond acceptors (Lipinski definition) is 7. The summed E-state index contributed by atoms with van der Waals surface area (Å²) in [6.45, 7) is 4.10. The van der Waals surface area contributed by atoms with Gasteiger partial charge in [-0.15, -0.1) is 11.3 Å². The molecule has 8 nitrogen and oxygen atoms in total. The molecule has 1 atom stereocenters. The number of hydrogen-bond donors (Lipinski definition) is 2. The zero-order chi connectivity index (χ0) is 21.8. The Bertz CT molecular complexity index is 972. The van der Waals surface area contributed by atoms with E-state index in [0.717, 1.165) is 23.4 Å². The van der Waals surface area contributed by atoms with E-state index in [1.54, 1.807) is 6.92 Å². The van der Waals surface area contributed by atoms with Crippen molar-refractivity contribution in [2.45, 2.75) is 26.3 Å². The van der Waals surface area contributed by atoms with Gasteiger partial charge in [-0.05, 0) is 37.5 Å². The molecular formula is C21H25N3O5S. The number of esters is 1. The number of nitrogens with zero attached hydrogens (tertiary/aromatic N) is 1. The van der Waals surface area contributed by atoms with Gasteiger partial charge in [-0.1, -0.05) is 18.2 Å². The number of methoxy groups -OCH3 is 1. The molecule has 0 bridgehead atoms. The molecule has 3 N–H and O–H groups in total. The first kappa shape index (κ1) is 21.8. The maximum absolute atomic E-state index is 12.8. The summed E-state index contributed by atoms with van der Waals surface area (Å²) in [6.07, 6.45) is 0.866. The largest absolute Gasteiger partial charge is 0.460 e. The first-order valence-electron chi connectivity index (χ1n) is 9.57. The fraction of sp³-hybridized carbons (Fsp3) is 0.381. The second kappa shape index (κ2) is 9.27. The normalized spacial score (nSPS) is 15.0. The fourth-order valence-corrected chi connectivity index (χ4v) is 4.63. The number of amides is 2. The van der Waals surface area contributed by atoms with E-state index >= 15 is 0 Å². The first-order valence-corrected chi connectivity index (χ1v) is 10.4. The molecule has 0 unspecified atom stereocenters. The van der Waals surface area contributed by atoms with E-state index in [2.05, 4.69) is 18.3 Å². The zero-order valence-corrected chi connectivity index (χ0v) is 18.0. The Hall–Kier alpha value is -2.91. The van der Waals surface area contributed by atoms with Crippen LogP contribution in [0.2, 0.25) is 0 Å². The van der Waals surface area contributed by atoms with Gasteiger partial charge in [-0.3, -0.25) is 9.59 Å². The number of nitrogens with one attached hydrogen (secondary N) is 1. The molecule has 0 spiro atoms. The Morgan fingerprint density at radius 3 is 2.70 bits per heavy atom. The van der Waals surface area contributed by atoms with Crippen LogP contribution in [0.15, 0.2) is 24.3 Å². The summed E-state index contributed by atoms with van der Waals surface area (Å²) in [7, 11) is 1.50. The van der Waals surface area contributed by atoms with Crippen LogP contribution in [0, 0.1) is 6.92 Å². The molecule has 30 heavy (non-hydrogen) atoms. The Balaban J connectivity index is 1.80. The van der Waals surface area contributed by atoms with Crippen LogP contribution < -0.4 is 16.0 Å². The van der Waals surface area contributed by atoms with Crippen LogP contribution in [0.5, 0.6) is 0 Å². The van der Waals surface area contributed by atoms with Crippen molar-refractivity contribution < 1.29 is 23.9 Å². The van der Waals surface area contributed by atoms with Crippen molar-refractivity contribution in [3.8, 4) is 0 Å². The second-order valence-electron chi connectivity index (χ2n) is 7.11. The third-order valence-electron chi connectivity index (χ3n) is 5.01. The molecule has 3 rings (SSSR count). The van der Waals surface area contributed by atoms with E-state index in [1.165, 1.54) is 12.7 Å². The van der Waals surface area contributed by atoms with Gasteiger partial charge in [0.05, 0.1) is 23.6 Å². The predicted molar refractivity (Wildman–Crippen MR) is 115 cm³/mol. The number of ether oxygens (including phenoxy) is 2. The Morgan fingerprint density at radius 1 is 1.27 bits per heavy atom. The zero-order valence-electron chi connectivity index (χ0n) is 17.2. The highest BCUT2D eigenvalue weighted by Gasteiger charge is 2.29. The van der Waals surface area contributed by atoms with E-state index in [9.17, 15) is 14.4 Å². The van der Waals surface area contributed by atoms with Crippen LogP contribution in [0.4, 0.5) is 10.7 Å². The van der Waals surface area contributed by atoms with Gasteiger partial charge in [0.2, 0.25) is 5.91 Å². The van der Waals surface area contributed by atoms with Gasteiger partial charge >= 0.3 is 5.97 Å². The lowest BCUT2D eigenvalue weighted by Gasteiger charge is -2.24. The monoisotopic (exact) mass is 431 g/mol. The summed E-state index contributed by atoms with van der Waals surface area (Å²) >= 11 is 0.977. The summed E-state index contributed by atoms with van der Waals surface area (Å²) in [6, 6.07) is 8.15. The molecular weight excluding hydrogens is 406 g/mol. The van der Waals surface area contributed by atoms with E-state index in [4.69, 9.17) is 15.2 Å². The van der Waals surface area contributed by atoms with Gasteiger partial charge in [0.15, 0.2) is 0 Å². The van der Waals surface area contributed by atoms with Gasteiger partial charge in [0, 0.05) is 18.8 Å². The van der Waals surface area contributed by atoms with Gasteiger partial charge in [-0.2, -0.15) is 0 Å². The molecule has 1 aromatic heterocycles. The number of rotatable bonds is 8. The van der Waals surface area contributed by atoms with Gasteiger partial charge in [0.25, 0.3) is 5.91 Å². The van der Waals surface area contributed by atoms with Crippen LogP contribution >= 0.6 is 11.3 Å². The van der Waals surface area contributed by atoms with Crippen LogP contribution in [-0.2, 0) is 20.7 Å². The third-order valence-corrected chi connectivity index (χ3v) is 6.23. The minimum absolute atomic E-state index is 0.0615.